The fourth-order valence-corrected chi connectivity index (χ4v) is 4.39. The van der Waals surface area contributed by atoms with Crippen LogP contribution in [0.1, 0.15) is 22.4 Å². The second-order valence-corrected chi connectivity index (χ2v) is 7.21. The van der Waals surface area contributed by atoms with Crippen molar-refractivity contribution in [2.75, 3.05) is 0 Å². The van der Waals surface area contributed by atoms with Gasteiger partial charge in [0.1, 0.15) is 5.69 Å². The number of H-pyrrole nitrogens is 1. The topological polar surface area (TPSA) is 54.5 Å². The number of thiophene rings is 1. The van der Waals surface area contributed by atoms with Crippen LogP contribution in [0.3, 0.4) is 0 Å². The zero-order valence-electron chi connectivity index (χ0n) is 14.0. The standard InChI is InChI=1S/C21H16N4S/c1-7-21(16-2-8-22-9-3-16,17-4-10-23-11-5-17)13-19-18(1)20(25-24-19)15-6-12-26-14-15/h1-12,14H,13H2,(H,24,25). The van der Waals surface area contributed by atoms with Gasteiger partial charge in [-0.25, -0.2) is 0 Å². The minimum Gasteiger partial charge on any atom is -0.281 e. The maximum atomic E-state index is 4.60. The van der Waals surface area contributed by atoms with Crippen LogP contribution in [-0.4, -0.2) is 20.2 Å². The van der Waals surface area contributed by atoms with E-state index in [0.717, 1.165) is 23.4 Å². The van der Waals surface area contributed by atoms with Gasteiger partial charge in [-0.05, 0) is 46.8 Å². The third-order valence-corrected chi connectivity index (χ3v) is 5.74. The first kappa shape index (κ1) is 15.2. The monoisotopic (exact) mass is 356 g/mol. The molecule has 0 aliphatic heterocycles. The van der Waals surface area contributed by atoms with Crippen LogP contribution in [0.4, 0.5) is 0 Å². The molecule has 26 heavy (non-hydrogen) atoms. The summed E-state index contributed by atoms with van der Waals surface area (Å²) in [6.45, 7) is 0. The lowest BCUT2D eigenvalue weighted by molar-refractivity contribution is 0.619. The third-order valence-electron chi connectivity index (χ3n) is 5.06. The Bertz CT molecular complexity index is 1010. The Labute approximate surface area is 155 Å². The van der Waals surface area contributed by atoms with Gasteiger partial charge >= 0.3 is 0 Å². The summed E-state index contributed by atoms with van der Waals surface area (Å²) in [6, 6.07) is 10.5. The molecule has 0 bridgehead atoms. The summed E-state index contributed by atoms with van der Waals surface area (Å²) < 4.78 is 0. The highest BCUT2D eigenvalue weighted by Crippen LogP contribution is 2.42. The molecule has 0 radical (unpaired) electrons. The van der Waals surface area contributed by atoms with Crippen LogP contribution in [0.5, 0.6) is 0 Å². The Morgan fingerprint density at radius 2 is 1.62 bits per heavy atom. The highest BCUT2D eigenvalue weighted by atomic mass is 32.1. The van der Waals surface area contributed by atoms with Crippen LogP contribution < -0.4 is 0 Å². The molecule has 4 heterocycles. The summed E-state index contributed by atoms with van der Waals surface area (Å²) in [7, 11) is 0. The van der Waals surface area contributed by atoms with Crippen LogP contribution in [0.25, 0.3) is 17.3 Å². The Hall–Kier alpha value is -3.05. The molecule has 5 heteroatoms. The van der Waals surface area contributed by atoms with Gasteiger partial charge in [0.15, 0.2) is 0 Å². The molecule has 4 aromatic rings. The van der Waals surface area contributed by atoms with Gasteiger partial charge in [-0.1, -0.05) is 12.2 Å². The molecule has 0 saturated heterocycles. The largest absolute Gasteiger partial charge is 0.281 e. The van der Waals surface area contributed by atoms with Crippen molar-refractivity contribution in [3.8, 4) is 11.3 Å². The summed E-state index contributed by atoms with van der Waals surface area (Å²) in [6.07, 6.45) is 12.7. The normalized spacial score (nSPS) is 14.9. The van der Waals surface area contributed by atoms with Gasteiger partial charge in [0, 0.05) is 58.8 Å². The van der Waals surface area contributed by atoms with Crippen molar-refractivity contribution in [2.45, 2.75) is 11.8 Å². The molecular weight excluding hydrogens is 340 g/mol. The molecular formula is C21H16N4S. The molecule has 4 aromatic heterocycles. The lowest BCUT2D eigenvalue weighted by Crippen LogP contribution is -2.30. The molecule has 0 unspecified atom stereocenters. The first-order valence-corrected chi connectivity index (χ1v) is 9.41. The van der Waals surface area contributed by atoms with Crippen molar-refractivity contribution in [1.29, 1.82) is 0 Å². The lowest BCUT2D eigenvalue weighted by Gasteiger charge is -2.34. The number of aromatic amines is 1. The number of fused-ring (bicyclic) bond motifs is 1. The minimum absolute atomic E-state index is 0.253. The molecule has 1 aliphatic rings. The summed E-state index contributed by atoms with van der Waals surface area (Å²) >= 11 is 1.69. The van der Waals surface area contributed by atoms with E-state index in [2.05, 4.69) is 73.4 Å². The van der Waals surface area contributed by atoms with E-state index in [1.807, 2.05) is 24.8 Å². The van der Waals surface area contributed by atoms with E-state index in [1.165, 1.54) is 16.7 Å². The number of hydrogen-bond donors (Lipinski definition) is 1. The van der Waals surface area contributed by atoms with E-state index < -0.39 is 0 Å². The van der Waals surface area contributed by atoms with Crippen molar-refractivity contribution in [1.82, 2.24) is 20.2 Å². The average molecular weight is 356 g/mol. The van der Waals surface area contributed by atoms with Gasteiger partial charge in [0.25, 0.3) is 0 Å². The number of hydrogen-bond acceptors (Lipinski definition) is 4. The maximum absolute atomic E-state index is 4.60. The summed E-state index contributed by atoms with van der Waals surface area (Å²) in [5.41, 5.74) is 6.70. The third kappa shape index (κ3) is 2.32. The molecule has 0 spiro atoms. The predicted molar refractivity (Wildman–Crippen MR) is 104 cm³/mol. The SMILES string of the molecule is C1=CC(c2ccncc2)(c2ccncc2)Cc2[nH]nc(-c3ccsc3)c21. The van der Waals surface area contributed by atoms with E-state index in [9.17, 15) is 0 Å². The molecule has 1 aliphatic carbocycles. The van der Waals surface area contributed by atoms with Crippen LogP contribution in [0, 0.1) is 0 Å². The molecule has 0 saturated carbocycles. The molecule has 126 valence electrons. The van der Waals surface area contributed by atoms with Crippen molar-refractivity contribution >= 4 is 17.4 Å². The number of nitrogens with one attached hydrogen (secondary N) is 1. The second-order valence-electron chi connectivity index (χ2n) is 6.43. The Balaban J connectivity index is 1.67. The zero-order chi connectivity index (χ0) is 17.4. The first-order chi connectivity index (χ1) is 12.9. The van der Waals surface area contributed by atoms with Crippen LogP contribution in [-0.2, 0) is 11.8 Å². The van der Waals surface area contributed by atoms with Gasteiger partial charge in [0.05, 0.1) is 0 Å². The van der Waals surface area contributed by atoms with E-state index >= 15 is 0 Å². The van der Waals surface area contributed by atoms with E-state index in [4.69, 9.17) is 0 Å². The van der Waals surface area contributed by atoms with Crippen LogP contribution >= 0.6 is 11.3 Å². The maximum Gasteiger partial charge on any atom is 0.100 e. The second kappa shape index (κ2) is 6.04. The van der Waals surface area contributed by atoms with E-state index in [0.29, 0.717) is 0 Å². The Morgan fingerprint density at radius 1 is 0.923 bits per heavy atom. The molecule has 5 rings (SSSR count). The van der Waals surface area contributed by atoms with Crippen molar-refractivity contribution in [3.05, 3.63) is 94.3 Å². The Kier molecular flexibility index (Phi) is 3.53. The fourth-order valence-electron chi connectivity index (χ4n) is 3.75. The van der Waals surface area contributed by atoms with E-state index in [1.54, 1.807) is 11.3 Å². The summed E-state index contributed by atoms with van der Waals surface area (Å²) in [5, 5.41) is 12.1. The smallest absolute Gasteiger partial charge is 0.100 e. The lowest BCUT2D eigenvalue weighted by atomic mass is 9.69. The van der Waals surface area contributed by atoms with Gasteiger partial charge in [-0.2, -0.15) is 16.4 Å². The molecule has 0 aromatic carbocycles. The highest BCUT2D eigenvalue weighted by Gasteiger charge is 2.36. The number of nitrogens with zero attached hydrogens (tertiary/aromatic N) is 3. The van der Waals surface area contributed by atoms with Crippen molar-refractivity contribution in [2.24, 2.45) is 0 Å². The van der Waals surface area contributed by atoms with Crippen LogP contribution in [0.15, 0.2) is 72.0 Å². The van der Waals surface area contributed by atoms with Gasteiger partial charge in [-0.15, -0.1) is 0 Å². The summed E-state index contributed by atoms with van der Waals surface area (Å²) in [5.74, 6) is 0. The van der Waals surface area contributed by atoms with Gasteiger partial charge < -0.3 is 0 Å². The minimum atomic E-state index is -0.253. The van der Waals surface area contributed by atoms with Crippen molar-refractivity contribution < 1.29 is 0 Å². The van der Waals surface area contributed by atoms with E-state index in [-0.39, 0.29) is 5.41 Å². The fraction of sp³-hybridized carbons (Fsp3) is 0.0952. The molecule has 0 amide bonds. The van der Waals surface area contributed by atoms with Crippen LogP contribution in [0.2, 0.25) is 0 Å². The quantitative estimate of drug-likeness (QED) is 0.589. The van der Waals surface area contributed by atoms with Crippen molar-refractivity contribution in [3.63, 3.8) is 0 Å². The van der Waals surface area contributed by atoms with Gasteiger partial charge in [0.2, 0.25) is 0 Å². The zero-order valence-corrected chi connectivity index (χ0v) is 14.8. The molecule has 0 atom stereocenters. The number of pyridine rings is 2. The number of allylic oxidation sites excluding steroid dienone is 1. The molecule has 1 N–H and O–H groups in total. The molecule has 0 fully saturated rings. The number of rotatable bonds is 3. The average Bonchev–Trinajstić information content (AvgIpc) is 3.38. The highest BCUT2D eigenvalue weighted by molar-refractivity contribution is 7.08. The summed E-state index contributed by atoms with van der Waals surface area (Å²) in [4.78, 5) is 8.38. The number of aromatic nitrogens is 4. The molecule has 4 nitrogen and oxygen atoms in total. The van der Waals surface area contributed by atoms with Gasteiger partial charge in [-0.3, -0.25) is 15.1 Å². The first-order valence-electron chi connectivity index (χ1n) is 8.47. The Morgan fingerprint density at radius 3 is 2.23 bits per heavy atom. The predicted octanol–water partition coefficient (Wildman–Crippen LogP) is 4.48.